The van der Waals surface area contributed by atoms with Gasteiger partial charge in [0.05, 0.1) is 42.3 Å². The summed E-state index contributed by atoms with van der Waals surface area (Å²) >= 11 is 0. The van der Waals surface area contributed by atoms with E-state index in [1.807, 2.05) is 4.90 Å². The Bertz CT molecular complexity index is 942. The Balaban J connectivity index is 1.68. The molecule has 1 saturated heterocycles. The molecule has 0 saturated carbocycles. The Morgan fingerprint density at radius 1 is 1.09 bits per heavy atom. The third-order valence-corrected chi connectivity index (χ3v) is 4.69. The predicted octanol–water partition coefficient (Wildman–Crippen LogP) is 3.74. The van der Waals surface area contributed by atoms with E-state index in [4.69, 9.17) is 14.2 Å². The molecule has 1 aliphatic heterocycles. The van der Waals surface area contributed by atoms with Crippen molar-refractivity contribution in [1.82, 2.24) is 0 Å². The van der Waals surface area contributed by atoms with Gasteiger partial charge in [-0.25, -0.2) is 4.79 Å². The molecule has 1 amide bonds. The minimum Gasteiger partial charge on any atom is -0.484 e. The zero-order valence-electron chi connectivity index (χ0n) is 17.4. The van der Waals surface area contributed by atoms with Crippen molar-refractivity contribution in [3.8, 4) is 5.75 Å². The molecule has 0 aliphatic carbocycles. The first-order chi connectivity index (χ1) is 15.3. The number of hydrogen-bond acceptors (Lipinski definition) is 6. The number of benzene rings is 2. The van der Waals surface area contributed by atoms with Crippen molar-refractivity contribution in [2.75, 3.05) is 49.7 Å². The smallest absolute Gasteiger partial charge is 0.416 e. The molecule has 0 spiro atoms. The van der Waals surface area contributed by atoms with Crippen molar-refractivity contribution >= 4 is 23.3 Å². The summed E-state index contributed by atoms with van der Waals surface area (Å²) in [6.45, 7) is 3.41. The second-order valence-corrected chi connectivity index (χ2v) is 6.91. The van der Waals surface area contributed by atoms with Gasteiger partial charge in [0.25, 0.3) is 5.91 Å². The lowest BCUT2D eigenvalue weighted by Crippen LogP contribution is -2.37. The van der Waals surface area contributed by atoms with Crippen LogP contribution in [0.5, 0.6) is 5.75 Å². The molecule has 0 unspecified atom stereocenters. The van der Waals surface area contributed by atoms with E-state index in [-0.39, 0.29) is 12.3 Å². The first-order valence-electron chi connectivity index (χ1n) is 10.0. The number of halogens is 3. The summed E-state index contributed by atoms with van der Waals surface area (Å²) in [6.07, 6.45) is -4.54. The van der Waals surface area contributed by atoms with Crippen molar-refractivity contribution in [3.63, 3.8) is 0 Å². The van der Waals surface area contributed by atoms with Crippen LogP contribution in [0.2, 0.25) is 0 Å². The molecule has 0 aromatic heterocycles. The van der Waals surface area contributed by atoms with Crippen molar-refractivity contribution in [3.05, 3.63) is 53.6 Å². The monoisotopic (exact) mass is 452 g/mol. The SMILES string of the molecule is CCOC(=O)c1ccc(OCC(=O)Nc2cc(C(F)(F)F)ccc2N2CCOCC2)cc1. The van der Waals surface area contributed by atoms with Crippen LogP contribution in [0.4, 0.5) is 24.5 Å². The quantitative estimate of drug-likeness (QED) is 0.645. The van der Waals surface area contributed by atoms with E-state index in [9.17, 15) is 22.8 Å². The van der Waals surface area contributed by atoms with E-state index >= 15 is 0 Å². The number of nitrogens with zero attached hydrogens (tertiary/aromatic N) is 1. The summed E-state index contributed by atoms with van der Waals surface area (Å²) in [6, 6.07) is 9.24. The van der Waals surface area contributed by atoms with E-state index in [0.29, 0.717) is 43.3 Å². The Morgan fingerprint density at radius 3 is 2.41 bits per heavy atom. The molecule has 32 heavy (non-hydrogen) atoms. The van der Waals surface area contributed by atoms with Crippen LogP contribution in [0.1, 0.15) is 22.8 Å². The van der Waals surface area contributed by atoms with Crippen LogP contribution >= 0.6 is 0 Å². The highest BCUT2D eigenvalue weighted by Gasteiger charge is 2.32. The fraction of sp³-hybridized carbons (Fsp3) is 0.364. The number of anilines is 2. The molecule has 2 aromatic carbocycles. The number of esters is 1. The highest BCUT2D eigenvalue weighted by atomic mass is 19.4. The molecule has 0 bridgehead atoms. The maximum absolute atomic E-state index is 13.2. The summed E-state index contributed by atoms with van der Waals surface area (Å²) in [7, 11) is 0. The Kier molecular flexibility index (Phi) is 7.57. The topological polar surface area (TPSA) is 77.1 Å². The number of hydrogen-bond donors (Lipinski definition) is 1. The van der Waals surface area contributed by atoms with Crippen LogP contribution in [0.15, 0.2) is 42.5 Å². The first-order valence-corrected chi connectivity index (χ1v) is 10.0. The third-order valence-electron chi connectivity index (χ3n) is 4.69. The Labute approximate surface area is 183 Å². The molecule has 1 heterocycles. The van der Waals surface area contributed by atoms with Gasteiger partial charge in [0.2, 0.25) is 0 Å². The zero-order chi connectivity index (χ0) is 23.1. The van der Waals surface area contributed by atoms with Crippen molar-refractivity contribution in [1.29, 1.82) is 0 Å². The number of carbonyl (C=O) groups is 2. The molecule has 1 aliphatic rings. The molecule has 172 valence electrons. The van der Waals surface area contributed by atoms with Crippen LogP contribution < -0.4 is 15.0 Å². The lowest BCUT2D eigenvalue weighted by molar-refractivity contribution is -0.137. The predicted molar refractivity (Wildman–Crippen MR) is 111 cm³/mol. The zero-order valence-corrected chi connectivity index (χ0v) is 17.4. The maximum atomic E-state index is 13.2. The van der Waals surface area contributed by atoms with E-state index < -0.39 is 30.2 Å². The number of alkyl halides is 3. The summed E-state index contributed by atoms with van der Waals surface area (Å²) < 4.78 is 55.1. The average molecular weight is 452 g/mol. The van der Waals surface area contributed by atoms with E-state index in [2.05, 4.69) is 5.32 Å². The van der Waals surface area contributed by atoms with Crippen molar-refractivity contribution < 1.29 is 37.0 Å². The van der Waals surface area contributed by atoms with Crippen LogP contribution in [0.25, 0.3) is 0 Å². The molecule has 10 heteroatoms. The van der Waals surface area contributed by atoms with Gasteiger partial charge in [-0.15, -0.1) is 0 Å². The van der Waals surface area contributed by atoms with E-state index in [1.54, 1.807) is 6.92 Å². The second kappa shape index (κ2) is 10.4. The van der Waals surface area contributed by atoms with Gasteiger partial charge in [-0.05, 0) is 49.4 Å². The van der Waals surface area contributed by atoms with E-state index in [1.165, 1.54) is 30.3 Å². The summed E-state index contributed by atoms with van der Waals surface area (Å²) in [5.74, 6) is -0.768. The molecular formula is C22H23F3N2O5. The summed E-state index contributed by atoms with van der Waals surface area (Å²) in [4.78, 5) is 25.9. The normalized spacial score (nSPS) is 14.1. The largest absolute Gasteiger partial charge is 0.484 e. The lowest BCUT2D eigenvalue weighted by Gasteiger charge is -2.31. The Hall–Kier alpha value is -3.27. The van der Waals surface area contributed by atoms with Crippen LogP contribution in [0, 0.1) is 0 Å². The van der Waals surface area contributed by atoms with Crippen LogP contribution in [-0.2, 0) is 20.4 Å². The molecule has 0 radical (unpaired) electrons. The average Bonchev–Trinajstić information content (AvgIpc) is 2.78. The molecule has 7 nitrogen and oxygen atoms in total. The minimum atomic E-state index is -4.54. The summed E-state index contributed by atoms with van der Waals surface area (Å²) in [5.41, 5.74) is 0.00414. The molecule has 1 N–H and O–H groups in total. The fourth-order valence-corrected chi connectivity index (χ4v) is 3.13. The van der Waals surface area contributed by atoms with Crippen LogP contribution in [0.3, 0.4) is 0 Å². The molecule has 2 aromatic rings. The third kappa shape index (κ3) is 6.13. The number of morpholine rings is 1. The molecule has 3 rings (SSSR count). The minimum absolute atomic E-state index is 0.0491. The van der Waals surface area contributed by atoms with Gasteiger partial charge in [-0.1, -0.05) is 0 Å². The molecular weight excluding hydrogens is 429 g/mol. The standard InChI is InChI=1S/C22H23F3N2O5/c1-2-31-21(29)15-3-6-17(7-4-15)32-14-20(28)26-18-13-16(22(23,24)25)5-8-19(18)27-9-11-30-12-10-27/h3-8,13H,2,9-12,14H2,1H3,(H,26,28). The number of ether oxygens (including phenoxy) is 3. The van der Waals surface area contributed by atoms with Crippen molar-refractivity contribution in [2.45, 2.75) is 13.1 Å². The number of carbonyl (C=O) groups excluding carboxylic acids is 2. The Morgan fingerprint density at radius 2 is 1.78 bits per heavy atom. The number of rotatable bonds is 7. The summed E-state index contributed by atoms with van der Waals surface area (Å²) in [5, 5.41) is 2.52. The van der Waals surface area contributed by atoms with Gasteiger partial charge >= 0.3 is 12.1 Å². The number of amides is 1. The molecule has 0 atom stereocenters. The van der Waals surface area contributed by atoms with Gasteiger partial charge in [-0.2, -0.15) is 13.2 Å². The van der Waals surface area contributed by atoms with Gasteiger partial charge in [0, 0.05) is 13.1 Å². The van der Waals surface area contributed by atoms with Crippen LogP contribution in [-0.4, -0.2) is 51.4 Å². The highest BCUT2D eigenvalue weighted by molar-refractivity contribution is 5.95. The maximum Gasteiger partial charge on any atom is 0.416 e. The van der Waals surface area contributed by atoms with Gasteiger partial charge in [-0.3, -0.25) is 4.79 Å². The van der Waals surface area contributed by atoms with Gasteiger partial charge in [0.15, 0.2) is 6.61 Å². The van der Waals surface area contributed by atoms with Gasteiger partial charge < -0.3 is 24.4 Å². The lowest BCUT2D eigenvalue weighted by atomic mass is 10.1. The fourth-order valence-electron chi connectivity index (χ4n) is 3.13. The highest BCUT2D eigenvalue weighted by Crippen LogP contribution is 2.35. The molecule has 1 fully saturated rings. The second-order valence-electron chi connectivity index (χ2n) is 6.91. The number of nitrogens with one attached hydrogen (secondary N) is 1. The van der Waals surface area contributed by atoms with E-state index in [0.717, 1.165) is 12.1 Å². The first kappa shape index (κ1) is 23.4. The van der Waals surface area contributed by atoms with Crippen molar-refractivity contribution in [2.24, 2.45) is 0 Å². The van der Waals surface area contributed by atoms with Gasteiger partial charge in [0.1, 0.15) is 5.75 Å².